The predicted molar refractivity (Wildman–Crippen MR) is 43.4 cm³/mol. The highest BCUT2D eigenvalue weighted by Crippen LogP contribution is 2.28. The number of alkyl halides is 2. The Morgan fingerprint density at radius 3 is 2.83 bits per heavy atom. The molecule has 0 N–H and O–H groups in total. The number of hydrogen-bond acceptors (Lipinski definition) is 1. The maximum atomic E-state index is 13.1. The van der Waals surface area contributed by atoms with Crippen LogP contribution in [0.15, 0.2) is 12.2 Å². The molecule has 12 heavy (non-hydrogen) atoms. The lowest BCUT2D eigenvalue weighted by Gasteiger charge is -2.24. The fourth-order valence-electron chi connectivity index (χ4n) is 1.41. The minimum Gasteiger partial charge on any atom is -0.375 e. The fraction of sp³-hybridized carbons (Fsp3) is 0.778. The van der Waals surface area contributed by atoms with Crippen LogP contribution in [0.3, 0.4) is 0 Å². The van der Waals surface area contributed by atoms with E-state index in [1.54, 1.807) is 6.08 Å². The van der Waals surface area contributed by atoms with Crippen LogP contribution >= 0.6 is 0 Å². The Bertz CT molecular complexity index is 166. The molecular formula is C9H14F2O. The van der Waals surface area contributed by atoms with Crippen molar-refractivity contribution in [2.24, 2.45) is 0 Å². The summed E-state index contributed by atoms with van der Waals surface area (Å²) in [7, 11) is 1.34. The van der Waals surface area contributed by atoms with E-state index in [1.165, 1.54) is 7.11 Å². The second kappa shape index (κ2) is 3.99. The Morgan fingerprint density at radius 1 is 1.42 bits per heavy atom. The largest absolute Gasteiger partial charge is 0.375 e. The van der Waals surface area contributed by atoms with Crippen LogP contribution in [0.4, 0.5) is 8.78 Å². The second-order valence-electron chi connectivity index (χ2n) is 3.09. The summed E-state index contributed by atoms with van der Waals surface area (Å²) in [5, 5.41) is 0. The van der Waals surface area contributed by atoms with Crippen LogP contribution in [0.25, 0.3) is 0 Å². The maximum absolute atomic E-state index is 13.1. The van der Waals surface area contributed by atoms with Crippen LogP contribution in [-0.2, 0) is 4.74 Å². The van der Waals surface area contributed by atoms with Crippen LogP contribution in [0.5, 0.6) is 0 Å². The molecule has 0 spiro atoms. The van der Waals surface area contributed by atoms with Crippen LogP contribution < -0.4 is 0 Å². The van der Waals surface area contributed by atoms with Gasteiger partial charge in [0.1, 0.15) is 6.10 Å². The normalized spacial score (nSPS) is 32.1. The molecule has 0 aromatic rings. The molecule has 0 fully saturated rings. The molecule has 0 saturated heterocycles. The van der Waals surface area contributed by atoms with Crippen molar-refractivity contribution in [3.8, 4) is 0 Å². The molecule has 0 aliphatic heterocycles. The molecule has 1 aliphatic rings. The average molecular weight is 176 g/mol. The van der Waals surface area contributed by atoms with Gasteiger partial charge in [-0.2, -0.15) is 8.78 Å². The lowest BCUT2D eigenvalue weighted by molar-refractivity contribution is -0.0940. The minimum absolute atomic E-state index is 0.452. The zero-order valence-electron chi connectivity index (χ0n) is 7.22. The lowest BCUT2D eigenvalue weighted by atomic mass is 10.0. The van der Waals surface area contributed by atoms with Crippen molar-refractivity contribution in [2.75, 3.05) is 7.11 Å². The van der Waals surface area contributed by atoms with Crippen LogP contribution in [0.1, 0.15) is 25.7 Å². The van der Waals surface area contributed by atoms with Gasteiger partial charge in [-0.3, -0.25) is 0 Å². The van der Waals surface area contributed by atoms with E-state index in [4.69, 9.17) is 4.74 Å². The van der Waals surface area contributed by atoms with E-state index >= 15 is 0 Å². The van der Waals surface area contributed by atoms with E-state index in [1.807, 2.05) is 0 Å². The molecule has 3 heteroatoms. The number of halogens is 2. The van der Waals surface area contributed by atoms with Crippen molar-refractivity contribution in [2.45, 2.75) is 37.7 Å². The Labute approximate surface area is 71.4 Å². The fourth-order valence-corrected chi connectivity index (χ4v) is 1.41. The summed E-state index contributed by atoms with van der Waals surface area (Å²) in [6, 6.07) is 0. The molecule has 0 amide bonds. The zero-order valence-corrected chi connectivity index (χ0v) is 7.22. The summed E-state index contributed by atoms with van der Waals surface area (Å²) < 4.78 is 30.9. The summed E-state index contributed by atoms with van der Waals surface area (Å²) in [6.45, 7) is 0. The van der Waals surface area contributed by atoms with Crippen molar-refractivity contribution in [3.63, 3.8) is 0 Å². The number of ether oxygens (including phenoxy) is 1. The summed E-state index contributed by atoms with van der Waals surface area (Å²) in [5.41, 5.74) is 0. The summed E-state index contributed by atoms with van der Waals surface area (Å²) in [4.78, 5) is 0. The van der Waals surface area contributed by atoms with E-state index in [2.05, 4.69) is 0 Å². The van der Waals surface area contributed by atoms with E-state index < -0.39 is 12.0 Å². The van der Waals surface area contributed by atoms with Gasteiger partial charge in [0.25, 0.3) is 5.92 Å². The highest BCUT2D eigenvalue weighted by atomic mass is 19.3. The predicted octanol–water partition coefficient (Wildman–Crippen LogP) is 2.77. The molecule has 0 radical (unpaired) electrons. The van der Waals surface area contributed by atoms with Crippen LogP contribution in [0.2, 0.25) is 0 Å². The van der Waals surface area contributed by atoms with Gasteiger partial charge < -0.3 is 4.74 Å². The van der Waals surface area contributed by atoms with Crippen molar-refractivity contribution in [1.29, 1.82) is 0 Å². The van der Waals surface area contributed by atoms with E-state index in [0.29, 0.717) is 6.42 Å². The lowest BCUT2D eigenvalue weighted by Crippen LogP contribution is -2.33. The molecule has 1 aliphatic carbocycles. The monoisotopic (exact) mass is 176 g/mol. The molecular weight excluding hydrogens is 162 g/mol. The summed E-state index contributed by atoms with van der Waals surface area (Å²) in [5.74, 6) is -2.78. The van der Waals surface area contributed by atoms with Gasteiger partial charge in [0.2, 0.25) is 0 Å². The Balaban J connectivity index is 2.67. The Morgan fingerprint density at radius 2 is 2.17 bits per heavy atom. The smallest absolute Gasteiger partial charge is 0.292 e. The van der Waals surface area contributed by atoms with Gasteiger partial charge in [-0.25, -0.2) is 0 Å². The van der Waals surface area contributed by atoms with Crippen molar-refractivity contribution >= 4 is 0 Å². The van der Waals surface area contributed by atoms with Gasteiger partial charge in [-0.05, 0) is 25.3 Å². The quantitative estimate of drug-likeness (QED) is 0.558. The molecule has 1 unspecified atom stereocenters. The topological polar surface area (TPSA) is 9.23 Å². The molecule has 1 nitrogen and oxygen atoms in total. The second-order valence-corrected chi connectivity index (χ2v) is 3.09. The van der Waals surface area contributed by atoms with E-state index in [0.717, 1.165) is 25.3 Å². The zero-order chi connectivity index (χ0) is 9.03. The first-order valence-electron chi connectivity index (χ1n) is 4.25. The van der Waals surface area contributed by atoms with Gasteiger partial charge in [0.05, 0.1) is 0 Å². The van der Waals surface area contributed by atoms with Crippen molar-refractivity contribution in [1.82, 2.24) is 0 Å². The van der Waals surface area contributed by atoms with Gasteiger partial charge in [-0.15, -0.1) is 0 Å². The molecule has 0 saturated carbocycles. The van der Waals surface area contributed by atoms with Crippen LogP contribution in [0, 0.1) is 0 Å². The molecule has 0 aromatic carbocycles. The van der Waals surface area contributed by atoms with Gasteiger partial charge in [-0.1, -0.05) is 12.5 Å². The van der Waals surface area contributed by atoms with E-state index in [-0.39, 0.29) is 0 Å². The van der Waals surface area contributed by atoms with Crippen molar-refractivity contribution < 1.29 is 13.5 Å². The minimum atomic E-state index is -2.78. The summed E-state index contributed by atoms with van der Waals surface area (Å²) >= 11 is 0. The number of rotatable bonds is 1. The molecule has 0 bridgehead atoms. The first-order chi connectivity index (χ1) is 5.67. The van der Waals surface area contributed by atoms with Gasteiger partial charge in [0.15, 0.2) is 0 Å². The third-order valence-corrected chi connectivity index (χ3v) is 2.14. The highest BCUT2D eigenvalue weighted by molar-refractivity contribution is 5.00. The highest BCUT2D eigenvalue weighted by Gasteiger charge is 2.36. The molecule has 0 aromatic heterocycles. The Hall–Kier alpha value is -0.440. The van der Waals surface area contributed by atoms with Crippen LogP contribution in [-0.4, -0.2) is 19.1 Å². The SMILES string of the molecule is COC1CCCC/C=C\C1(F)F. The third kappa shape index (κ3) is 2.27. The first kappa shape index (κ1) is 9.65. The third-order valence-electron chi connectivity index (χ3n) is 2.14. The maximum Gasteiger partial charge on any atom is 0.292 e. The van der Waals surface area contributed by atoms with Gasteiger partial charge >= 0.3 is 0 Å². The Kier molecular flexibility index (Phi) is 3.20. The molecule has 1 rings (SSSR count). The molecule has 70 valence electrons. The number of hydrogen-bond donors (Lipinski definition) is 0. The van der Waals surface area contributed by atoms with Crippen molar-refractivity contribution in [3.05, 3.63) is 12.2 Å². The first-order valence-corrected chi connectivity index (χ1v) is 4.25. The molecule has 0 heterocycles. The summed E-state index contributed by atoms with van der Waals surface area (Å²) in [6.07, 6.45) is 4.59. The standard InChI is InChI=1S/C9H14F2O/c1-12-8-6-4-2-3-5-7-9(8,10)11/h5,7-8H,2-4,6H2,1H3/b7-5-. The molecule has 1 atom stereocenters. The number of allylic oxidation sites excluding steroid dienone is 1. The van der Waals surface area contributed by atoms with Gasteiger partial charge in [0, 0.05) is 7.11 Å². The van der Waals surface area contributed by atoms with E-state index in [9.17, 15) is 8.78 Å². The average Bonchev–Trinajstić information content (AvgIpc) is 1.99. The number of methoxy groups -OCH3 is 1.